The van der Waals surface area contributed by atoms with Crippen LogP contribution in [0.5, 0.6) is 0 Å². The number of fused-ring (bicyclic) bond motifs is 3. The van der Waals surface area contributed by atoms with Crippen molar-refractivity contribution in [3.05, 3.63) is 71.8 Å². The molecule has 3 N–H and O–H groups in total. The van der Waals surface area contributed by atoms with E-state index in [0.29, 0.717) is 12.8 Å². The molecule has 0 aromatic heterocycles. The Labute approximate surface area is 205 Å². The molecule has 0 saturated heterocycles. The summed E-state index contributed by atoms with van der Waals surface area (Å²) < 4.78 is 5.63. The Balaban J connectivity index is 1.41. The maximum Gasteiger partial charge on any atom is 0.407 e. The van der Waals surface area contributed by atoms with Crippen molar-refractivity contribution in [2.45, 2.75) is 51.6 Å². The molecule has 2 unspecified atom stereocenters. The number of carboxylic acids is 1. The van der Waals surface area contributed by atoms with Crippen LogP contribution in [0.3, 0.4) is 0 Å². The van der Waals surface area contributed by atoms with Crippen LogP contribution in [0.25, 0.3) is 11.1 Å². The summed E-state index contributed by atoms with van der Waals surface area (Å²) in [5, 5.41) is 14.9. The molecule has 2 aromatic rings. The lowest BCUT2D eigenvalue weighted by Gasteiger charge is -2.32. The third-order valence-electron chi connectivity index (χ3n) is 6.74. The zero-order valence-corrected chi connectivity index (χ0v) is 20.3. The number of carbonyl (C=O) groups excluding carboxylic acids is 2. The van der Waals surface area contributed by atoms with E-state index in [1.807, 2.05) is 51.1 Å². The minimum Gasteiger partial charge on any atom is -0.481 e. The van der Waals surface area contributed by atoms with E-state index in [9.17, 15) is 19.5 Å². The maximum absolute atomic E-state index is 13.1. The molecule has 0 heterocycles. The number of rotatable bonds is 6. The lowest BCUT2D eigenvalue weighted by molar-refractivity contribution is -0.142. The molecule has 2 aliphatic rings. The smallest absolute Gasteiger partial charge is 0.407 e. The topological polar surface area (TPSA) is 105 Å². The third kappa shape index (κ3) is 5.39. The largest absolute Gasteiger partial charge is 0.481 e. The van der Waals surface area contributed by atoms with Crippen molar-refractivity contribution >= 4 is 18.0 Å². The number of ether oxygens (including phenoxy) is 1. The van der Waals surface area contributed by atoms with Gasteiger partial charge in [-0.3, -0.25) is 9.59 Å². The highest BCUT2D eigenvalue weighted by molar-refractivity contribution is 5.87. The fourth-order valence-electron chi connectivity index (χ4n) is 4.90. The Morgan fingerprint density at radius 2 is 1.63 bits per heavy atom. The Bertz CT molecular complexity index is 1100. The summed E-state index contributed by atoms with van der Waals surface area (Å²) in [4.78, 5) is 37.2. The molecule has 35 heavy (non-hydrogen) atoms. The van der Waals surface area contributed by atoms with Crippen LogP contribution in [-0.2, 0) is 14.3 Å². The highest BCUT2D eigenvalue weighted by atomic mass is 16.5. The normalized spacial score (nSPS) is 19.9. The van der Waals surface area contributed by atoms with Crippen LogP contribution in [0.15, 0.2) is 60.7 Å². The van der Waals surface area contributed by atoms with Gasteiger partial charge < -0.3 is 20.5 Å². The molecule has 0 aliphatic heterocycles. The number of carboxylic acid groups (broad SMARTS) is 1. The maximum atomic E-state index is 13.1. The van der Waals surface area contributed by atoms with Gasteiger partial charge in [-0.05, 0) is 40.5 Å². The van der Waals surface area contributed by atoms with Crippen molar-refractivity contribution in [1.82, 2.24) is 10.6 Å². The van der Waals surface area contributed by atoms with Gasteiger partial charge in [0.05, 0.1) is 5.92 Å². The monoisotopic (exact) mass is 476 g/mol. The summed E-state index contributed by atoms with van der Waals surface area (Å²) in [6.07, 6.45) is 3.69. The quantitative estimate of drug-likeness (QED) is 0.534. The van der Waals surface area contributed by atoms with Crippen molar-refractivity contribution in [2.75, 3.05) is 6.61 Å². The van der Waals surface area contributed by atoms with E-state index in [-0.39, 0.29) is 18.4 Å². The number of hydrogen-bond acceptors (Lipinski definition) is 4. The highest BCUT2D eigenvalue weighted by Gasteiger charge is 2.36. The SMILES string of the molecule is CC(C)(C)[C@H](NC(=O)OCC1c2ccccc2-c2ccccc21)C(=O)NC1C=CCC(C(=O)O)C1. The number of aliphatic carboxylic acids is 1. The van der Waals surface area contributed by atoms with E-state index in [0.717, 1.165) is 22.3 Å². The number of benzene rings is 2. The van der Waals surface area contributed by atoms with Crippen molar-refractivity contribution in [2.24, 2.45) is 11.3 Å². The van der Waals surface area contributed by atoms with Crippen LogP contribution in [0.1, 0.15) is 50.7 Å². The summed E-state index contributed by atoms with van der Waals surface area (Å²) in [7, 11) is 0. The summed E-state index contributed by atoms with van der Waals surface area (Å²) in [5.41, 5.74) is 3.93. The number of alkyl carbamates (subject to hydrolysis) is 1. The first-order chi connectivity index (χ1) is 16.6. The molecule has 7 heteroatoms. The Kier molecular flexibility index (Phi) is 6.96. The number of allylic oxidation sites excluding steroid dienone is 1. The van der Waals surface area contributed by atoms with Crippen LogP contribution >= 0.6 is 0 Å². The second kappa shape index (κ2) is 9.94. The Morgan fingerprint density at radius 3 is 2.20 bits per heavy atom. The molecule has 184 valence electrons. The number of hydrogen-bond donors (Lipinski definition) is 3. The van der Waals surface area contributed by atoms with Gasteiger partial charge in [0.25, 0.3) is 0 Å². The summed E-state index contributed by atoms with van der Waals surface area (Å²) in [6, 6.07) is 15.0. The van der Waals surface area contributed by atoms with Gasteiger partial charge in [-0.25, -0.2) is 4.79 Å². The predicted molar refractivity (Wildman–Crippen MR) is 133 cm³/mol. The standard InChI is InChI=1S/C28H32N2O5/c1-28(2,3)24(25(31)29-18-10-8-9-17(15-18)26(32)33)30-27(34)35-16-23-21-13-6-4-11-19(21)20-12-5-7-14-22(20)23/h4-8,10-14,17-18,23-24H,9,15-16H2,1-3H3,(H,29,31)(H,30,34)(H,32,33)/t17?,18?,24-/m1/s1. The van der Waals surface area contributed by atoms with Crippen molar-refractivity contribution in [3.8, 4) is 11.1 Å². The molecule has 0 spiro atoms. The minimum atomic E-state index is -0.877. The molecular weight excluding hydrogens is 444 g/mol. The van der Waals surface area contributed by atoms with E-state index in [4.69, 9.17) is 4.74 Å². The first kappa shape index (κ1) is 24.5. The van der Waals surface area contributed by atoms with Crippen LogP contribution in [0.2, 0.25) is 0 Å². The minimum absolute atomic E-state index is 0.0737. The number of amides is 2. The molecule has 7 nitrogen and oxygen atoms in total. The van der Waals surface area contributed by atoms with E-state index in [1.54, 1.807) is 6.08 Å². The van der Waals surface area contributed by atoms with E-state index >= 15 is 0 Å². The van der Waals surface area contributed by atoms with Crippen molar-refractivity contribution < 1.29 is 24.2 Å². The first-order valence-electron chi connectivity index (χ1n) is 12.0. The van der Waals surface area contributed by atoms with E-state index in [2.05, 4.69) is 34.9 Å². The molecule has 2 amide bonds. The summed E-state index contributed by atoms with van der Waals surface area (Å²) in [5.74, 6) is -1.85. The molecule has 0 fully saturated rings. The average molecular weight is 477 g/mol. The molecule has 2 aromatic carbocycles. The second-order valence-electron chi connectivity index (χ2n) is 10.3. The fourth-order valence-corrected chi connectivity index (χ4v) is 4.90. The molecule has 0 bridgehead atoms. The van der Waals surface area contributed by atoms with Gasteiger partial charge in [0.15, 0.2) is 0 Å². The zero-order valence-electron chi connectivity index (χ0n) is 20.3. The van der Waals surface area contributed by atoms with Gasteiger partial charge in [-0.2, -0.15) is 0 Å². The van der Waals surface area contributed by atoms with Gasteiger partial charge in [0, 0.05) is 12.0 Å². The third-order valence-corrected chi connectivity index (χ3v) is 6.74. The molecule has 0 saturated carbocycles. The van der Waals surface area contributed by atoms with Crippen LogP contribution in [0, 0.1) is 11.3 Å². The zero-order chi connectivity index (χ0) is 25.2. The highest BCUT2D eigenvalue weighted by Crippen LogP contribution is 2.44. The molecule has 2 aliphatic carbocycles. The van der Waals surface area contributed by atoms with Gasteiger partial charge in [-0.1, -0.05) is 81.5 Å². The van der Waals surface area contributed by atoms with Crippen molar-refractivity contribution in [1.29, 1.82) is 0 Å². The predicted octanol–water partition coefficient (Wildman–Crippen LogP) is 4.48. The fraction of sp³-hybridized carbons (Fsp3) is 0.393. The first-order valence-corrected chi connectivity index (χ1v) is 12.0. The molecule has 0 radical (unpaired) electrons. The van der Waals surface area contributed by atoms with Gasteiger partial charge in [-0.15, -0.1) is 0 Å². The number of carbonyl (C=O) groups is 3. The summed E-state index contributed by atoms with van der Waals surface area (Å²) >= 11 is 0. The van der Waals surface area contributed by atoms with Crippen LogP contribution < -0.4 is 10.6 Å². The molecule has 3 atom stereocenters. The van der Waals surface area contributed by atoms with Crippen molar-refractivity contribution in [3.63, 3.8) is 0 Å². The van der Waals surface area contributed by atoms with Gasteiger partial charge in [0.2, 0.25) is 5.91 Å². The van der Waals surface area contributed by atoms with Gasteiger partial charge in [0.1, 0.15) is 12.6 Å². The molecule has 4 rings (SSSR count). The summed E-state index contributed by atoms with van der Waals surface area (Å²) in [6.45, 7) is 5.73. The lowest BCUT2D eigenvalue weighted by Crippen LogP contribution is -2.55. The molecular formula is C28H32N2O5. The van der Waals surface area contributed by atoms with Crippen LogP contribution in [-0.4, -0.2) is 41.8 Å². The Hall–Kier alpha value is -3.61. The average Bonchev–Trinajstić information content (AvgIpc) is 3.14. The van der Waals surface area contributed by atoms with E-state index in [1.165, 1.54) is 0 Å². The Morgan fingerprint density at radius 1 is 1.03 bits per heavy atom. The second-order valence-corrected chi connectivity index (χ2v) is 10.3. The number of nitrogens with one attached hydrogen (secondary N) is 2. The van der Waals surface area contributed by atoms with E-state index < -0.39 is 35.5 Å². The van der Waals surface area contributed by atoms with Gasteiger partial charge >= 0.3 is 12.1 Å². The van der Waals surface area contributed by atoms with Crippen LogP contribution in [0.4, 0.5) is 4.79 Å². The lowest BCUT2D eigenvalue weighted by atomic mass is 9.85.